The molecule has 0 atom stereocenters. The summed E-state index contributed by atoms with van der Waals surface area (Å²) < 4.78 is 14.6. The molecule has 98 valence electrons. The number of hydrogen-bond acceptors (Lipinski definition) is 1. The van der Waals surface area contributed by atoms with Gasteiger partial charge >= 0.3 is 0 Å². The van der Waals surface area contributed by atoms with E-state index < -0.39 is 0 Å². The number of benzene rings is 2. The number of nitrogens with zero attached hydrogens (tertiary/aromatic N) is 1. The highest BCUT2D eigenvalue weighted by Crippen LogP contribution is 2.29. The van der Waals surface area contributed by atoms with Gasteiger partial charge in [0.05, 0.1) is 0 Å². The fourth-order valence-corrected chi connectivity index (χ4v) is 2.95. The molecule has 3 heteroatoms. The van der Waals surface area contributed by atoms with Crippen LogP contribution in [0, 0.1) is 5.82 Å². The SMILES string of the molecule is Fc1ccc(Br)cc1CN1CC(c2ccccc2)C1. The third-order valence-corrected chi connectivity index (χ3v) is 4.12. The Morgan fingerprint density at radius 3 is 2.58 bits per heavy atom. The molecule has 2 aromatic carbocycles. The van der Waals surface area contributed by atoms with Gasteiger partial charge in [0.15, 0.2) is 0 Å². The number of halogens is 2. The van der Waals surface area contributed by atoms with Gasteiger partial charge in [-0.25, -0.2) is 4.39 Å². The lowest BCUT2D eigenvalue weighted by atomic mass is 9.91. The van der Waals surface area contributed by atoms with Gasteiger partial charge in [0.2, 0.25) is 0 Å². The summed E-state index contributed by atoms with van der Waals surface area (Å²) in [6.45, 7) is 2.71. The van der Waals surface area contributed by atoms with Crippen molar-refractivity contribution >= 4 is 15.9 Å². The molecule has 0 bridgehead atoms. The van der Waals surface area contributed by atoms with Gasteiger partial charge in [-0.1, -0.05) is 46.3 Å². The average molecular weight is 320 g/mol. The number of rotatable bonds is 3. The molecule has 3 rings (SSSR count). The van der Waals surface area contributed by atoms with Gasteiger partial charge in [0.1, 0.15) is 5.82 Å². The van der Waals surface area contributed by atoms with Crippen LogP contribution in [0.1, 0.15) is 17.0 Å². The Balaban J connectivity index is 1.61. The first-order chi connectivity index (χ1) is 9.22. The molecular formula is C16H15BrFN. The topological polar surface area (TPSA) is 3.24 Å². The largest absolute Gasteiger partial charge is 0.298 e. The Morgan fingerprint density at radius 1 is 1.11 bits per heavy atom. The fraction of sp³-hybridized carbons (Fsp3) is 0.250. The highest BCUT2D eigenvalue weighted by Gasteiger charge is 2.28. The minimum Gasteiger partial charge on any atom is -0.298 e. The Morgan fingerprint density at radius 2 is 1.84 bits per heavy atom. The van der Waals surface area contributed by atoms with Crippen LogP contribution in [-0.4, -0.2) is 18.0 Å². The summed E-state index contributed by atoms with van der Waals surface area (Å²) in [6.07, 6.45) is 0. The Bertz CT molecular complexity index is 564. The zero-order chi connectivity index (χ0) is 13.2. The summed E-state index contributed by atoms with van der Waals surface area (Å²) in [7, 11) is 0. The van der Waals surface area contributed by atoms with E-state index in [2.05, 4.69) is 45.1 Å². The van der Waals surface area contributed by atoms with Crippen LogP contribution in [0.2, 0.25) is 0 Å². The van der Waals surface area contributed by atoms with Crippen LogP contribution in [0.5, 0.6) is 0 Å². The molecule has 0 aromatic heterocycles. The molecule has 1 saturated heterocycles. The molecule has 0 saturated carbocycles. The lowest BCUT2D eigenvalue weighted by molar-refractivity contribution is 0.138. The normalized spacial score (nSPS) is 16.3. The van der Waals surface area contributed by atoms with Gasteiger partial charge in [-0.3, -0.25) is 4.90 Å². The molecule has 1 fully saturated rings. The third kappa shape index (κ3) is 2.88. The van der Waals surface area contributed by atoms with Crippen LogP contribution in [-0.2, 0) is 6.54 Å². The molecule has 0 radical (unpaired) electrons. The van der Waals surface area contributed by atoms with Gasteiger partial charge in [-0.15, -0.1) is 0 Å². The summed E-state index contributed by atoms with van der Waals surface area (Å²) in [5.74, 6) is 0.475. The second-order valence-corrected chi connectivity index (χ2v) is 5.95. The van der Waals surface area contributed by atoms with E-state index in [4.69, 9.17) is 0 Å². The Labute approximate surface area is 121 Å². The van der Waals surface area contributed by atoms with Crippen LogP contribution in [0.3, 0.4) is 0 Å². The maximum atomic E-state index is 13.7. The first-order valence-electron chi connectivity index (χ1n) is 6.43. The van der Waals surface area contributed by atoms with E-state index in [1.54, 1.807) is 6.07 Å². The lowest BCUT2D eigenvalue weighted by Gasteiger charge is -2.39. The van der Waals surface area contributed by atoms with E-state index in [9.17, 15) is 4.39 Å². The van der Waals surface area contributed by atoms with E-state index in [-0.39, 0.29) is 5.82 Å². The maximum absolute atomic E-state index is 13.7. The van der Waals surface area contributed by atoms with Crippen molar-refractivity contribution in [2.24, 2.45) is 0 Å². The second kappa shape index (κ2) is 5.43. The van der Waals surface area contributed by atoms with Gasteiger partial charge < -0.3 is 0 Å². The van der Waals surface area contributed by atoms with Crippen molar-refractivity contribution in [3.8, 4) is 0 Å². The molecule has 0 amide bonds. The van der Waals surface area contributed by atoms with Crippen molar-refractivity contribution in [1.29, 1.82) is 0 Å². The summed E-state index contributed by atoms with van der Waals surface area (Å²) in [6, 6.07) is 15.7. The maximum Gasteiger partial charge on any atom is 0.127 e. The van der Waals surface area contributed by atoms with Crippen LogP contribution in [0.15, 0.2) is 53.0 Å². The molecule has 0 aliphatic carbocycles. The van der Waals surface area contributed by atoms with Crippen molar-refractivity contribution in [2.45, 2.75) is 12.5 Å². The van der Waals surface area contributed by atoms with Crippen LogP contribution in [0.4, 0.5) is 4.39 Å². The molecule has 2 aromatic rings. The molecule has 1 nitrogen and oxygen atoms in total. The minimum absolute atomic E-state index is 0.119. The zero-order valence-corrected chi connectivity index (χ0v) is 12.1. The molecule has 1 heterocycles. The molecule has 1 aliphatic rings. The van der Waals surface area contributed by atoms with Crippen molar-refractivity contribution in [3.63, 3.8) is 0 Å². The van der Waals surface area contributed by atoms with Crippen LogP contribution >= 0.6 is 15.9 Å². The van der Waals surface area contributed by atoms with Crippen molar-refractivity contribution in [1.82, 2.24) is 4.90 Å². The fourth-order valence-electron chi connectivity index (χ4n) is 2.54. The van der Waals surface area contributed by atoms with Gasteiger partial charge in [0, 0.05) is 35.6 Å². The predicted octanol–water partition coefficient (Wildman–Crippen LogP) is 4.19. The quantitative estimate of drug-likeness (QED) is 0.820. The smallest absolute Gasteiger partial charge is 0.127 e. The predicted molar refractivity (Wildman–Crippen MR) is 78.6 cm³/mol. The Hall–Kier alpha value is -1.19. The minimum atomic E-state index is -0.119. The van der Waals surface area contributed by atoms with Crippen LogP contribution < -0.4 is 0 Å². The van der Waals surface area contributed by atoms with E-state index in [1.807, 2.05) is 12.1 Å². The third-order valence-electron chi connectivity index (χ3n) is 3.63. The second-order valence-electron chi connectivity index (χ2n) is 5.04. The van der Waals surface area contributed by atoms with Crippen molar-refractivity contribution in [2.75, 3.05) is 13.1 Å². The summed E-state index contributed by atoms with van der Waals surface area (Å²) in [5.41, 5.74) is 2.15. The van der Waals surface area contributed by atoms with Gasteiger partial charge in [0.25, 0.3) is 0 Å². The Kier molecular flexibility index (Phi) is 3.67. The highest BCUT2D eigenvalue weighted by molar-refractivity contribution is 9.10. The lowest BCUT2D eigenvalue weighted by Crippen LogP contribution is -2.44. The molecule has 19 heavy (non-hydrogen) atoms. The van der Waals surface area contributed by atoms with E-state index in [0.717, 1.165) is 23.1 Å². The standard InChI is InChI=1S/C16H15BrFN/c17-15-6-7-16(18)13(8-15)9-19-10-14(11-19)12-4-2-1-3-5-12/h1-8,14H,9-11H2. The molecule has 0 unspecified atom stereocenters. The first-order valence-corrected chi connectivity index (χ1v) is 7.23. The van der Waals surface area contributed by atoms with Gasteiger partial charge in [-0.05, 0) is 23.8 Å². The van der Waals surface area contributed by atoms with Crippen molar-refractivity contribution < 1.29 is 4.39 Å². The van der Waals surface area contributed by atoms with Gasteiger partial charge in [-0.2, -0.15) is 0 Å². The summed E-state index contributed by atoms with van der Waals surface area (Å²) in [4.78, 5) is 2.28. The molecule has 1 aliphatic heterocycles. The summed E-state index contributed by atoms with van der Waals surface area (Å²) in [5, 5.41) is 0. The monoisotopic (exact) mass is 319 g/mol. The van der Waals surface area contributed by atoms with E-state index in [0.29, 0.717) is 12.5 Å². The number of likely N-dealkylation sites (tertiary alicyclic amines) is 1. The number of hydrogen-bond donors (Lipinski definition) is 0. The molecule has 0 N–H and O–H groups in total. The van der Waals surface area contributed by atoms with E-state index >= 15 is 0 Å². The first kappa shape index (κ1) is 12.8. The summed E-state index contributed by atoms with van der Waals surface area (Å²) >= 11 is 3.39. The van der Waals surface area contributed by atoms with Crippen LogP contribution in [0.25, 0.3) is 0 Å². The highest BCUT2D eigenvalue weighted by atomic mass is 79.9. The zero-order valence-electron chi connectivity index (χ0n) is 10.5. The molecular weight excluding hydrogens is 305 g/mol. The molecule has 0 spiro atoms. The average Bonchev–Trinajstić information content (AvgIpc) is 2.38. The van der Waals surface area contributed by atoms with Crippen molar-refractivity contribution in [3.05, 3.63) is 69.9 Å². The van der Waals surface area contributed by atoms with E-state index in [1.165, 1.54) is 11.6 Å².